The molecular formula is C21H30N2O3. The molecule has 26 heavy (non-hydrogen) atoms. The number of ether oxygens (including phenoxy) is 1. The summed E-state index contributed by atoms with van der Waals surface area (Å²) >= 11 is 0. The second-order valence-corrected chi connectivity index (χ2v) is 8.27. The van der Waals surface area contributed by atoms with E-state index in [0.29, 0.717) is 19.5 Å². The molecule has 1 amide bonds. The smallest absolute Gasteiger partial charge is 0.233 e. The van der Waals surface area contributed by atoms with Crippen LogP contribution in [0.1, 0.15) is 44.1 Å². The molecular weight excluding hydrogens is 328 g/mol. The van der Waals surface area contributed by atoms with Crippen LogP contribution in [0.25, 0.3) is 0 Å². The molecule has 0 unspecified atom stereocenters. The van der Waals surface area contributed by atoms with Gasteiger partial charge in [0.1, 0.15) is 5.75 Å². The van der Waals surface area contributed by atoms with E-state index < -0.39 is 11.0 Å². The van der Waals surface area contributed by atoms with E-state index >= 15 is 0 Å². The van der Waals surface area contributed by atoms with Crippen LogP contribution in [0.4, 0.5) is 0 Å². The van der Waals surface area contributed by atoms with Crippen LogP contribution in [-0.2, 0) is 10.2 Å². The van der Waals surface area contributed by atoms with Crippen molar-refractivity contribution in [3.8, 4) is 5.75 Å². The first-order valence-corrected chi connectivity index (χ1v) is 9.94. The highest BCUT2D eigenvalue weighted by atomic mass is 16.5. The van der Waals surface area contributed by atoms with Crippen LogP contribution in [-0.4, -0.2) is 54.8 Å². The zero-order chi connectivity index (χ0) is 18.2. The number of piperidine rings is 2. The Labute approximate surface area is 155 Å². The van der Waals surface area contributed by atoms with Gasteiger partial charge in [-0.2, -0.15) is 0 Å². The van der Waals surface area contributed by atoms with Gasteiger partial charge in [0, 0.05) is 25.6 Å². The molecule has 2 N–H and O–H groups in total. The summed E-state index contributed by atoms with van der Waals surface area (Å²) in [6.07, 6.45) is 5.53. The molecule has 3 aliphatic rings. The Bertz CT molecular complexity index is 654. The van der Waals surface area contributed by atoms with E-state index in [-0.39, 0.29) is 11.8 Å². The predicted molar refractivity (Wildman–Crippen MR) is 100 cm³/mol. The molecule has 1 saturated carbocycles. The molecule has 0 bridgehead atoms. The van der Waals surface area contributed by atoms with Crippen molar-refractivity contribution in [1.29, 1.82) is 0 Å². The van der Waals surface area contributed by atoms with Gasteiger partial charge in [-0.25, -0.2) is 0 Å². The Morgan fingerprint density at radius 1 is 1.19 bits per heavy atom. The Morgan fingerprint density at radius 2 is 1.92 bits per heavy atom. The number of carbonyl (C=O) groups excluding carboxylic acids is 1. The summed E-state index contributed by atoms with van der Waals surface area (Å²) in [5, 5.41) is 14.3. The highest BCUT2D eigenvalue weighted by molar-refractivity contribution is 5.89. The summed E-state index contributed by atoms with van der Waals surface area (Å²) in [7, 11) is 1.67. The number of fused-ring (bicyclic) bond motifs is 1. The molecule has 2 atom stereocenters. The zero-order valence-electron chi connectivity index (χ0n) is 15.7. The number of amides is 1. The first-order chi connectivity index (χ1) is 12.6. The number of hydrogen-bond donors (Lipinski definition) is 2. The fraction of sp³-hybridized carbons (Fsp3) is 0.667. The normalized spacial score (nSPS) is 30.7. The van der Waals surface area contributed by atoms with Gasteiger partial charge in [0.25, 0.3) is 0 Å². The van der Waals surface area contributed by atoms with Crippen molar-refractivity contribution in [2.24, 2.45) is 5.92 Å². The second kappa shape index (κ2) is 6.86. The fourth-order valence-corrected chi connectivity index (χ4v) is 5.23. The van der Waals surface area contributed by atoms with E-state index in [1.807, 2.05) is 17.0 Å². The number of methoxy groups -OCH3 is 1. The number of nitrogens with one attached hydrogen (secondary N) is 1. The van der Waals surface area contributed by atoms with Crippen molar-refractivity contribution in [2.45, 2.75) is 49.5 Å². The van der Waals surface area contributed by atoms with Crippen molar-refractivity contribution < 1.29 is 14.6 Å². The average molecular weight is 358 g/mol. The van der Waals surface area contributed by atoms with Crippen LogP contribution >= 0.6 is 0 Å². The quantitative estimate of drug-likeness (QED) is 0.868. The molecule has 0 radical (unpaired) electrons. The van der Waals surface area contributed by atoms with E-state index in [4.69, 9.17) is 4.74 Å². The van der Waals surface area contributed by atoms with Crippen molar-refractivity contribution in [2.75, 3.05) is 33.3 Å². The largest absolute Gasteiger partial charge is 0.497 e. The number of rotatable bonds is 3. The van der Waals surface area contributed by atoms with Gasteiger partial charge in [0.2, 0.25) is 5.91 Å². The van der Waals surface area contributed by atoms with Crippen LogP contribution in [0.2, 0.25) is 0 Å². The Hall–Kier alpha value is -1.59. The lowest BCUT2D eigenvalue weighted by molar-refractivity contribution is -0.148. The lowest BCUT2D eigenvalue weighted by Gasteiger charge is -2.49. The topological polar surface area (TPSA) is 61.8 Å². The van der Waals surface area contributed by atoms with Gasteiger partial charge in [-0.15, -0.1) is 0 Å². The number of nitrogens with zero attached hydrogens (tertiary/aromatic N) is 1. The van der Waals surface area contributed by atoms with Gasteiger partial charge in [-0.3, -0.25) is 4.79 Å². The average Bonchev–Trinajstić information content (AvgIpc) is 3.18. The van der Waals surface area contributed by atoms with Crippen molar-refractivity contribution >= 4 is 5.91 Å². The van der Waals surface area contributed by atoms with Crippen LogP contribution in [0.3, 0.4) is 0 Å². The highest BCUT2D eigenvalue weighted by Gasteiger charge is 2.49. The van der Waals surface area contributed by atoms with E-state index in [9.17, 15) is 9.90 Å². The molecule has 1 aromatic rings. The third-order valence-electron chi connectivity index (χ3n) is 6.94. The maximum atomic E-state index is 13.6. The van der Waals surface area contributed by atoms with E-state index in [1.165, 1.54) is 0 Å². The zero-order valence-corrected chi connectivity index (χ0v) is 15.7. The molecule has 2 saturated heterocycles. The molecule has 1 aliphatic carbocycles. The summed E-state index contributed by atoms with van der Waals surface area (Å²) in [6, 6.07) is 8.04. The van der Waals surface area contributed by atoms with Crippen molar-refractivity contribution in [1.82, 2.24) is 10.2 Å². The van der Waals surface area contributed by atoms with Gasteiger partial charge >= 0.3 is 0 Å². The summed E-state index contributed by atoms with van der Waals surface area (Å²) in [5.41, 5.74) is 0.123. The molecule has 5 heteroatoms. The Balaban J connectivity index is 1.58. The molecule has 5 nitrogen and oxygen atoms in total. The minimum Gasteiger partial charge on any atom is -0.497 e. The van der Waals surface area contributed by atoms with Gasteiger partial charge < -0.3 is 20.1 Å². The van der Waals surface area contributed by atoms with Gasteiger partial charge in [0.15, 0.2) is 0 Å². The first kappa shape index (κ1) is 17.8. The maximum Gasteiger partial charge on any atom is 0.233 e. The molecule has 142 valence electrons. The first-order valence-electron chi connectivity index (χ1n) is 9.94. The number of likely N-dealkylation sites (tertiary alicyclic amines) is 1. The molecule has 1 aromatic carbocycles. The maximum absolute atomic E-state index is 13.6. The lowest BCUT2D eigenvalue weighted by atomic mass is 9.73. The Morgan fingerprint density at radius 3 is 2.62 bits per heavy atom. The monoisotopic (exact) mass is 358 g/mol. The second-order valence-electron chi connectivity index (χ2n) is 8.27. The minimum atomic E-state index is -0.592. The molecule has 2 heterocycles. The summed E-state index contributed by atoms with van der Waals surface area (Å²) < 4.78 is 5.28. The Kier molecular flexibility index (Phi) is 4.70. The third kappa shape index (κ3) is 2.91. The van der Waals surface area contributed by atoms with Crippen LogP contribution in [0.15, 0.2) is 24.3 Å². The summed E-state index contributed by atoms with van der Waals surface area (Å²) in [4.78, 5) is 15.7. The lowest BCUT2D eigenvalue weighted by Crippen LogP contribution is -2.61. The molecule has 3 fully saturated rings. The summed E-state index contributed by atoms with van der Waals surface area (Å²) in [6.45, 7) is 3.01. The van der Waals surface area contributed by atoms with Crippen LogP contribution in [0, 0.1) is 5.92 Å². The number of benzene rings is 1. The molecule has 2 aliphatic heterocycles. The molecule has 0 spiro atoms. The predicted octanol–water partition coefficient (Wildman–Crippen LogP) is 2.08. The molecule has 4 rings (SSSR count). The molecule has 0 aromatic heterocycles. The fourth-order valence-electron chi connectivity index (χ4n) is 5.23. The van der Waals surface area contributed by atoms with Crippen molar-refractivity contribution in [3.63, 3.8) is 0 Å². The van der Waals surface area contributed by atoms with Crippen LogP contribution in [0.5, 0.6) is 5.75 Å². The van der Waals surface area contributed by atoms with Crippen molar-refractivity contribution in [3.05, 3.63) is 29.8 Å². The summed E-state index contributed by atoms with van der Waals surface area (Å²) in [5.74, 6) is 1.22. The minimum absolute atomic E-state index is 0.142. The number of hydrogen-bond acceptors (Lipinski definition) is 4. The van der Waals surface area contributed by atoms with E-state index in [0.717, 1.165) is 56.5 Å². The van der Waals surface area contributed by atoms with E-state index in [1.54, 1.807) is 7.11 Å². The number of carbonyl (C=O) groups is 1. The standard InChI is InChI=1S/C21H30N2O3/c1-26-18-6-4-16(5-7-18)20(8-2-3-9-20)19(24)23-13-11-21(25)10-12-22-14-17(21)15-23/h4-7,17,22,25H,2-3,8-15H2,1H3/t17-,21-/m0/s1. The van der Waals surface area contributed by atoms with Gasteiger partial charge in [-0.05, 0) is 49.9 Å². The number of aliphatic hydroxyl groups is 1. The SMILES string of the molecule is COc1ccc(C2(C(=O)N3CC[C@@]4(O)CCNC[C@H]4C3)CCCC2)cc1. The van der Waals surface area contributed by atoms with Crippen LogP contribution < -0.4 is 10.1 Å². The van der Waals surface area contributed by atoms with Gasteiger partial charge in [0.05, 0.1) is 18.1 Å². The van der Waals surface area contributed by atoms with E-state index in [2.05, 4.69) is 17.4 Å². The van der Waals surface area contributed by atoms with Gasteiger partial charge in [-0.1, -0.05) is 25.0 Å². The highest BCUT2D eigenvalue weighted by Crippen LogP contribution is 2.44. The third-order valence-corrected chi connectivity index (χ3v) is 6.94.